The highest BCUT2D eigenvalue weighted by Gasteiger charge is 2.26. The molecule has 112 valence electrons. The van der Waals surface area contributed by atoms with Crippen LogP contribution in [0.15, 0.2) is 18.2 Å². The largest absolute Gasteiger partial charge is 0.507 e. The van der Waals surface area contributed by atoms with Gasteiger partial charge in [0.2, 0.25) is 0 Å². The third-order valence-corrected chi connectivity index (χ3v) is 3.77. The van der Waals surface area contributed by atoms with Crippen molar-refractivity contribution in [3.63, 3.8) is 0 Å². The minimum atomic E-state index is -0.212. The van der Waals surface area contributed by atoms with Crippen LogP contribution in [0.5, 0.6) is 11.5 Å². The van der Waals surface area contributed by atoms with E-state index < -0.39 is 0 Å². The minimum absolute atomic E-state index is 0.0476. The zero-order valence-corrected chi connectivity index (χ0v) is 12.2. The van der Waals surface area contributed by atoms with Crippen LogP contribution in [-0.4, -0.2) is 60.1 Å². The van der Waals surface area contributed by atoms with Crippen molar-refractivity contribution in [2.75, 3.05) is 33.3 Å². The molecule has 1 heterocycles. The Labute approximate surface area is 124 Å². The number of nitriles is 1. The number of carbonyl (C=O) groups excluding carboxylic acids is 1. The number of amides is 1. The summed E-state index contributed by atoms with van der Waals surface area (Å²) in [6.45, 7) is 4.25. The first kappa shape index (κ1) is 15.1. The van der Waals surface area contributed by atoms with Crippen LogP contribution < -0.4 is 4.74 Å². The van der Waals surface area contributed by atoms with Crippen molar-refractivity contribution in [2.45, 2.75) is 13.0 Å². The van der Waals surface area contributed by atoms with Gasteiger partial charge in [-0.25, -0.2) is 0 Å². The van der Waals surface area contributed by atoms with Gasteiger partial charge in [-0.1, -0.05) is 0 Å². The SMILES string of the molecule is COc1ccc(O)c(C(=O)N2CCN(C(C)C#N)CC2)c1. The van der Waals surface area contributed by atoms with Crippen LogP contribution in [0.4, 0.5) is 0 Å². The average Bonchev–Trinajstić information content (AvgIpc) is 2.54. The molecule has 1 unspecified atom stereocenters. The molecule has 0 radical (unpaired) electrons. The van der Waals surface area contributed by atoms with E-state index in [1.807, 2.05) is 11.8 Å². The van der Waals surface area contributed by atoms with Crippen molar-refractivity contribution >= 4 is 5.91 Å². The van der Waals surface area contributed by atoms with Crippen molar-refractivity contribution in [1.29, 1.82) is 5.26 Å². The molecule has 1 saturated heterocycles. The number of hydrogen-bond acceptors (Lipinski definition) is 5. The number of piperazine rings is 1. The van der Waals surface area contributed by atoms with Crippen LogP contribution in [-0.2, 0) is 0 Å². The van der Waals surface area contributed by atoms with Gasteiger partial charge in [0.25, 0.3) is 5.91 Å². The van der Waals surface area contributed by atoms with E-state index in [0.29, 0.717) is 31.9 Å². The molecule has 1 N–H and O–H groups in total. The highest BCUT2D eigenvalue weighted by molar-refractivity contribution is 5.97. The number of aromatic hydroxyl groups is 1. The maximum atomic E-state index is 12.5. The lowest BCUT2D eigenvalue weighted by Crippen LogP contribution is -2.51. The van der Waals surface area contributed by atoms with Gasteiger partial charge in [0.15, 0.2) is 0 Å². The summed E-state index contributed by atoms with van der Waals surface area (Å²) in [5.74, 6) is 0.275. The Hall–Kier alpha value is -2.26. The fraction of sp³-hybridized carbons (Fsp3) is 0.467. The van der Waals surface area contributed by atoms with E-state index >= 15 is 0 Å². The minimum Gasteiger partial charge on any atom is -0.507 e. The molecular formula is C15H19N3O3. The van der Waals surface area contributed by atoms with Crippen molar-refractivity contribution in [2.24, 2.45) is 0 Å². The molecule has 0 bridgehead atoms. The molecule has 2 rings (SSSR count). The first-order chi connectivity index (χ1) is 10.1. The standard InChI is InChI=1S/C15H19N3O3/c1-11(10-16)17-5-7-18(8-6-17)15(20)13-9-12(21-2)3-4-14(13)19/h3-4,9,11,19H,5-8H2,1-2H3. The van der Waals surface area contributed by atoms with Crippen LogP contribution in [0.3, 0.4) is 0 Å². The van der Waals surface area contributed by atoms with E-state index in [9.17, 15) is 9.90 Å². The van der Waals surface area contributed by atoms with Gasteiger partial charge in [0, 0.05) is 26.2 Å². The van der Waals surface area contributed by atoms with Crippen LogP contribution in [0.2, 0.25) is 0 Å². The third-order valence-electron chi connectivity index (χ3n) is 3.77. The van der Waals surface area contributed by atoms with E-state index in [1.165, 1.54) is 13.2 Å². The van der Waals surface area contributed by atoms with Crippen LogP contribution in [0.25, 0.3) is 0 Å². The summed E-state index contributed by atoms with van der Waals surface area (Å²) in [5.41, 5.74) is 0.246. The van der Waals surface area contributed by atoms with Crippen molar-refractivity contribution < 1.29 is 14.6 Å². The van der Waals surface area contributed by atoms with Gasteiger partial charge in [-0.15, -0.1) is 0 Å². The van der Waals surface area contributed by atoms with Crippen LogP contribution in [0.1, 0.15) is 17.3 Å². The maximum Gasteiger partial charge on any atom is 0.257 e. The van der Waals surface area contributed by atoms with Gasteiger partial charge in [-0.2, -0.15) is 5.26 Å². The summed E-state index contributed by atoms with van der Waals surface area (Å²) < 4.78 is 5.08. The van der Waals surface area contributed by atoms with Crippen molar-refractivity contribution in [3.05, 3.63) is 23.8 Å². The number of methoxy groups -OCH3 is 1. The van der Waals surface area contributed by atoms with E-state index in [0.717, 1.165) is 0 Å². The summed E-state index contributed by atoms with van der Waals surface area (Å²) >= 11 is 0. The summed E-state index contributed by atoms with van der Waals surface area (Å²) in [5, 5.41) is 18.8. The number of rotatable bonds is 3. The number of phenols is 1. The number of benzene rings is 1. The lowest BCUT2D eigenvalue weighted by molar-refractivity contribution is 0.0612. The zero-order chi connectivity index (χ0) is 15.4. The van der Waals surface area contributed by atoms with Crippen molar-refractivity contribution in [3.8, 4) is 17.6 Å². The van der Waals surface area contributed by atoms with Gasteiger partial charge in [-0.05, 0) is 25.1 Å². The Bertz CT molecular complexity index is 560. The highest BCUT2D eigenvalue weighted by Crippen LogP contribution is 2.24. The van der Waals surface area contributed by atoms with Gasteiger partial charge in [0.05, 0.1) is 24.8 Å². The van der Waals surface area contributed by atoms with Crippen LogP contribution >= 0.6 is 0 Å². The van der Waals surface area contributed by atoms with Gasteiger partial charge >= 0.3 is 0 Å². The lowest BCUT2D eigenvalue weighted by Gasteiger charge is -2.36. The molecule has 1 fully saturated rings. The van der Waals surface area contributed by atoms with Crippen molar-refractivity contribution in [1.82, 2.24) is 9.80 Å². The monoisotopic (exact) mass is 289 g/mol. The fourth-order valence-electron chi connectivity index (χ4n) is 2.38. The molecule has 1 aliphatic rings. The number of hydrogen-bond donors (Lipinski definition) is 1. The molecule has 1 aromatic rings. The Kier molecular flexibility index (Phi) is 4.66. The van der Waals surface area contributed by atoms with E-state index in [4.69, 9.17) is 10.00 Å². The Morgan fingerprint density at radius 2 is 2.05 bits per heavy atom. The molecule has 0 spiro atoms. The predicted molar refractivity (Wildman–Crippen MR) is 77.2 cm³/mol. The molecule has 1 amide bonds. The first-order valence-corrected chi connectivity index (χ1v) is 6.86. The Morgan fingerprint density at radius 1 is 1.38 bits per heavy atom. The third kappa shape index (κ3) is 3.26. The summed E-state index contributed by atoms with van der Waals surface area (Å²) in [7, 11) is 1.52. The molecule has 1 aliphatic heterocycles. The molecule has 0 saturated carbocycles. The second kappa shape index (κ2) is 6.46. The fourth-order valence-corrected chi connectivity index (χ4v) is 2.38. The summed E-state index contributed by atoms with van der Waals surface area (Å²) in [4.78, 5) is 16.2. The lowest BCUT2D eigenvalue weighted by atomic mass is 10.1. The normalized spacial score (nSPS) is 17.1. The molecule has 21 heavy (non-hydrogen) atoms. The molecule has 1 atom stereocenters. The second-order valence-electron chi connectivity index (χ2n) is 5.02. The number of phenolic OH excluding ortho intramolecular Hbond substituents is 1. The molecular weight excluding hydrogens is 270 g/mol. The van der Waals surface area contributed by atoms with E-state index in [2.05, 4.69) is 6.07 Å². The number of nitrogens with zero attached hydrogens (tertiary/aromatic N) is 3. The molecule has 6 heteroatoms. The molecule has 6 nitrogen and oxygen atoms in total. The number of ether oxygens (including phenoxy) is 1. The topological polar surface area (TPSA) is 76.8 Å². The van der Waals surface area contributed by atoms with Gasteiger partial charge < -0.3 is 14.7 Å². The predicted octanol–water partition coefficient (Wildman–Crippen LogP) is 1.07. The molecule has 0 aromatic heterocycles. The smallest absolute Gasteiger partial charge is 0.257 e. The Morgan fingerprint density at radius 3 is 2.62 bits per heavy atom. The quantitative estimate of drug-likeness (QED) is 0.900. The van der Waals surface area contributed by atoms with Gasteiger partial charge in [-0.3, -0.25) is 9.69 Å². The summed E-state index contributed by atoms with van der Waals surface area (Å²) in [6.07, 6.45) is 0. The molecule has 0 aliphatic carbocycles. The van der Waals surface area contributed by atoms with E-state index in [1.54, 1.807) is 17.0 Å². The highest BCUT2D eigenvalue weighted by atomic mass is 16.5. The Balaban J connectivity index is 2.07. The first-order valence-electron chi connectivity index (χ1n) is 6.86. The maximum absolute atomic E-state index is 12.5. The van der Waals surface area contributed by atoms with Gasteiger partial charge in [0.1, 0.15) is 11.5 Å². The average molecular weight is 289 g/mol. The van der Waals surface area contributed by atoms with E-state index in [-0.39, 0.29) is 23.3 Å². The molecule has 1 aromatic carbocycles. The summed E-state index contributed by atoms with van der Waals surface area (Å²) in [6, 6.07) is 6.67. The number of carbonyl (C=O) groups is 1. The second-order valence-corrected chi connectivity index (χ2v) is 5.02. The zero-order valence-electron chi connectivity index (χ0n) is 12.2. The van der Waals surface area contributed by atoms with Crippen LogP contribution in [0, 0.1) is 11.3 Å².